The Bertz CT molecular complexity index is 837. The van der Waals surface area contributed by atoms with Gasteiger partial charge in [-0.2, -0.15) is 4.98 Å². The van der Waals surface area contributed by atoms with E-state index in [0.717, 1.165) is 49.6 Å². The summed E-state index contributed by atoms with van der Waals surface area (Å²) in [6.45, 7) is 3.32. The molecule has 0 bridgehead atoms. The van der Waals surface area contributed by atoms with E-state index < -0.39 is 0 Å². The van der Waals surface area contributed by atoms with E-state index in [0.29, 0.717) is 17.5 Å². The number of methoxy groups -OCH3 is 1. The van der Waals surface area contributed by atoms with Crippen LogP contribution < -0.4 is 10.5 Å². The molecule has 2 N–H and O–H groups in total. The molecule has 1 aliphatic carbocycles. The Balaban J connectivity index is 1.54. The molecule has 7 nitrogen and oxygen atoms in total. The molecule has 7 heteroatoms. The van der Waals surface area contributed by atoms with Crippen molar-refractivity contribution in [3.8, 4) is 17.1 Å². The predicted molar refractivity (Wildman–Crippen MR) is 97.3 cm³/mol. The maximum atomic E-state index is 6.33. The average Bonchev–Trinajstić information content (AvgIpc) is 3.18. The minimum Gasteiger partial charge on any atom is -0.496 e. The smallest absolute Gasteiger partial charge is 0.257 e. The Morgan fingerprint density at radius 1 is 1.23 bits per heavy atom. The highest BCUT2D eigenvalue weighted by Gasteiger charge is 2.26. The number of allylic oxidation sites excluding steroid dienone is 2. The first kappa shape index (κ1) is 16.8. The van der Waals surface area contributed by atoms with Crippen LogP contribution >= 0.6 is 0 Å². The summed E-state index contributed by atoms with van der Waals surface area (Å²) in [6, 6.07) is 7.80. The van der Waals surface area contributed by atoms with Gasteiger partial charge in [0.05, 0.1) is 31.9 Å². The Hall–Kier alpha value is -2.64. The first-order chi connectivity index (χ1) is 12.8. The number of morpholine rings is 1. The number of nitrogens with zero attached hydrogens (tertiary/aromatic N) is 3. The number of rotatable bonds is 4. The second-order valence-corrected chi connectivity index (χ2v) is 6.33. The van der Waals surface area contributed by atoms with Crippen molar-refractivity contribution in [2.75, 3.05) is 33.4 Å². The molecule has 0 amide bonds. The van der Waals surface area contributed by atoms with Crippen LogP contribution in [-0.2, 0) is 4.74 Å². The van der Waals surface area contributed by atoms with Crippen molar-refractivity contribution in [3.05, 3.63) is 48.0 Å². The van der Waals surface area contributed by atoms with Gasteiger partial charge in [0.2, 0.25) is 5.82 Å². The van der Waals surface area contributed by atoms with Crippen molar-refractivity contribution in [2.24, 2.45) is 5.73 Å². The summed E-state index contributed by atoms with van der Waals surface area (Å²) in [5.41, 5.74) is 8.81. The number of nitrogens with two attached hydrogens (primary N) is 1. The first-order valence-electron chi connectivity index (χ1n) is 8.73. The number of ether oxygens (including phenoxy) is 2. The summed E-state index contributed by atoms with van der Waals surface area (Å²) in [5.74, 6) is 1.68. The van der Waals surface area contributed by atoms with E-state index in [2.05, 4.69) is 21.1 Å². The van der Waals surface area contributed by atoms with E-state index in [1.165, 1.54) is 0 Å². The van der Waals surface area contributed by atoms with E-state index >= 15 is 0 Å². The lowest BCUT2D eigenvalue weighted by atomic mass is 9.98. The number of benzene rings is 1. The van der Waals surface area contributed by atoms with Crippen molar-refractivity contribution in [1.29, 1.82) is 0 Å². The van der Waals surface area contributed by atoms with Crippen molar-refractivity contribution < 1.29 is 14.0 Å². The molecule has 2 heterocycles. The lowest BCUT2D eigenvalue weighted by Crippen LogP contribution is -2.46. The third-order valence-electron chi connectivity index (χ3n) is 4.78. The number of hydrogen-bond donors (Lipinski definition) is 1. The minimum atomic E-state index is 0.208. The summed E-state index contributed by atoms with van der Waals surface area (Å²) in [6.07, 6.45) is 4.86. The van der Waals surface area contributed by atoms with Crippen LogP contribution in [0.3, 0.4) is 0 Å². The van der Waals surface area contributed by atoms with Crippen LogP contribution in [0.4, 0.5) is 0 Å². The van der Waals surface area contributed by atoms with Gasteiger partial charge in [0.25, 0.3) is 5.89 Å². The molecule has 26 heavy (non-hydrogen) atoms. The van der Waals surface area contributed by atoms with Gasteiger partial charge in [0.15, 0.2) is 0 Å². The maximum Gasteiger partial charge on any atom is 0.257 e. The quantitative estimate of drug-likeness (QED) is 0.899. The zero-order valence-electron chi connectivity index (χ0n) is 14.7. The SMILES string of the molecule is COc1ccccc1-c1noc(C2=CCC(N3CCOCC3)C(N)=C2)n1. The number of aromatic nitrogens is 2. The molecule has 0 saturated carbocycles. The summed E-state index contributed by atoms with van der Waals surface area (Å²) in [5, 5.41) is 4.10. The molecule has 0 radical (unpaired) electrons. The van der Waals surface area contributed by atoms with E-state index in [-0.39, 0.29) is 6.04 Å². The number of para-hydroxylation sites is 1. The molecule has 0 spiro atoms. The maximum absolute atomic E-state index is 6.33. The van der Waals surface area contributed by atoms with Crippen molar-refractivity contribution in [3.63, 3.8) is 0 Å². The third kappa shape index (κ3) is 3.23. The molecule has 1 unspecified atom stereocenters. The molecule has 2 aromatic rings. The molecule has 4 rings (SSSR count). The summed E-state index contributed by atoms with van der Waals surface area (Å²) >= 11 is 0. The minimum absolute atomic E-state index is 0.208. The van der Waals surface area contributed by atoms with Gasteiger partial charge in [-0.15, -0.1) is 0 Å². The van der Waals surface area contributed by atoms with E-state index in [4.69, 9.17) is 19.7 Å². The Morgan fingerprint density at radius 3 is 2.81 bits per heavy atom. The molecule has 136 valence electrons. The predicted octanol–water partition coefficient (Wildman–Crippen LogP) is 2.08. The molecule has 1 atom stereocenters. The fourth-order valence-corrected chi connectivity index (χ4v) is 3.39. The Labute approximate surface area is 152 Å². The highest BCUT2D eigenvalue weighted by atomic mass is 16.5. The molecular weight excluding hydrogens is 332 g/mol. The van der Waals surface area contributed by atoms with E-state index in [1.54, 1.807) is 7.11 Å². The van der Waals surface area contributed by atoms with Gasteiger partial charge < -0.3 is 19.7 Å². The van der Waals surface area contributed by atoms with Gasteiger partial charge in [0.1, 0.15) is 5.75 Å². The van der Waals surface area contributed by atoms with Crippen LogP contribution in [-0.4, -0.2) is 54.5 Å². The van der Waals surface area contributed by atoms with Gasteiger partial charge in [-0.25, -0.2) is 0 Å². The zero-order valence-corrected chi connectivity index (χ0v) is 14.7. The third-order valence-corrected chi connectivity index (χ3v) is 4.78. The normalized spacial score (nSPS) is 21.2. The van der Waals surface area contributed by atoms with E-state index in [9.17, 15) is 0 Å². The standard InChI is InChI=1S/C19H22N4O3/c1-24-17-5-3-2-4-14(17)18-21-19(26-22-18)13-6-7-16(15(20)12-13)23-8-10-25-11-9-23/h2-6,12,16H,7-11,20H2,1H3. The van der Waals surface area contributed by atoms with Crippen LogP contribution in [0.25, 0.3) is 17.0 Å². The van der Waals surface area contributed by atoms with Gasteiger partial charge >= 0.3 is 0 Å². The van der Waals surface area contributed by atoms with Gasteiger partial charge in [-0.05, 0) is 24.6 Å². The second kappa shape index (κ2) is 7.31. The lowest BCUT2D eigenvalue weighted by Gasteiger charge is -2.35. The zero-order chi connectivity index (χ0) is 17.9. The Morgan fingerprint density at radius 2 is 2.04 bits per heavy atom. The van der Waals surface area contributed by atoms with Gasteiger partial charge in [-0.1, -0.05) is 23.4 Å². The summed E-state index contributed by atoms with van der Waals surface area (Å²) in [7, 11) is 1.62. The fraction of sp³-hybridized carbons (Fsp3) is 0.368. The highest BCUT2D eigenvalue weighted by Crippen LogP contribution is 2.30. The van der Waals surface area contributed by atoms with Crippen LogP contribution in [0.15, 0.2) is 46.6 Å². The van der Waals surface area contributed by atoms with Crippen molar-refractivity contribution in [2.45, 2.75) is 12.5 Å². The van der Waals surface area contributed by atoms with Gasteiger partial charge in [0, 0.05) is 24.4 Å². The molecule has 2 aliphatic rings. The topological polar surface area (TPSA) is 86.6 Å². The van der Waals surface area contributed by atoms with Gasteiger partial charge in [-0.3, -0.25) is 4.90 Å². The van der Waals surface area contributed by atoms with Crippen LogP contribution in [0.5, 0.6) is 5.75 Å². The molecule has 1 aromatic heterocycles. The van der Waals surface area contributed by atoms with Crippen molar-refractivity contribution >= 4 is 5.57 Å². The Kier molecular flexibility index (Phi) is 4.73. The van der Waals surface area contributed by atoms with Crippen LogP contribution in [0, 0.1) is 0 Å². The highest BCUT2D eigenvalue weighted by molar-refractivity contribution is 5.73. The van der Waals surface area contributed by atoms with Crippen LogP contribution in [0.1, 0.15) is 12.3 Å². The largest absolute Gasteiger partial charge is 0.496 e. The number of hydrogen-bond acceptors (Lipinski definition) is 7. The van der Waals surface area contributed by atoms with Crippen molar-refractivity contribution in [1.82, 2.24) is 15.0 Å². The summed E-state index contributed by atoms with van der Waals surface area (Å²) < 4.78 is 16.3. The molecule has 1 saturated heterocycles. The molecule has 1 fully saturated rings. The summed E-state index contributed by atoms with van der Waals surface area (Å²) in [4.78, 5) is 6.88. The molecule has 1 aliphatic heterocycles. The van der Waals surface area contributed by atoms with Crippen LogP contribution in [0.2, 0.25) is 0 Å². The average molecular weight is 354 g/mol. The lowest BCUT2D eigenvalue weighted by molar-refractivity contribution is 0.0237. The van der Waals surface area contributed by atoms with E-state index in [1.807, 2.05) is 30.3 Å². The fourth-order valence-electron chi connectivity index (χ4n) is 3.39. The molecular formula is C19H22N4O3. The second-order valence-electron chi connectivity index (χ2n) is 6.33. The monoisotopic (exact) mass is 354 g/mol. The first-order valence-corrected chi connectivity index (χ1v) is 8.73. The molecule has 1 aromatic carbocycles.